The van der Waals surface area contributed by atoms with Gasteiger partial charge in [0.05, 0.1) is 12.4 Å². The highest BCUT2D eigenvalue weighted by Crippen LogP contribution is 2.08. The predicted molar refractivity (Wildman–Crippen MR) is 85.6 cm³/mol. The van der Waals surface area contributed by atoms with Crippen LogP contribution in [0.3, 0.4) is 0 Å². The fraction of sp³-hybridized carbons (Fsp3) is 0.667. The van der Waals surface area contributed by atoms with Crippen molar-refractivity contribution >= 4 is 17.5 Å². The number of halogens is 1. The van der Waals surface area contributed by atoms with Crippen LogP contribution in [0.1, 0.15) is 38.2 Å². The van der Waals surface area contributed by atoms with E-state index in [4.69, 9.17) is 11.6 Å². The van der Waals surface area contributed by atoms with Crippen molar-refractivity contribution in [1.29, 1.82) is 0 Å². The van der Waals surface area contributed by atoms with Crippen LogP contribution in [0.15, 0.2) is 12.4 Å². The molecule has 5 nitrogen and oxygen atoms in total. The number of aromatic nitrogens is 2. The van der Waals surface area contributed by atoms with Gasteiger partial charge in [-0.2, -0.15) is 0 Å². The van der Waals surface area contributed by atoms with Gasteiger partial charge in [0.2, 0.25) is 0 Å². The van der Waals surface area contributed by atoms with Gasteiger partial charge >= 0.3 is 0 Å². The lowest BCUT2D eigenvalue weighted by Gasteiger charge is -2.27. The molecule has 1 aromatic rings. The van der Waals surface area contributed by atoms with E-state index >= 15 is 0 Å². The topological polar surface area (TPSA) is 49.3 Å². The first-order valence-electron chi connectivity index (χ1n) is 7.47. The molecule has 0 radical (unpaired) electrons. The van der Waals surface area contributed by atoms with Crippen molar-refractivity contribution in [3.8, 4) is 0 Å². The smallest absolute Gasteiger partial charge is 0.274 e. The zero-order valence-electron chi connectivity index (χ0n) is 13.3. The first-order chi connectivity index (χ1) is 9.97. The molecule has 0 aliphatic carbocycles. The van der Waals surface area contributed by atoms with Crippen molar-refractivity contribution in [2.45, 2.75) is 27.7 Å². The molecule has 1 heterocycles. The molecule has 0 unspecified atom stereocenters. The Morgan fingerprint density at radius 3 is 2.43 bits per heavy atom. The van der Waals surface area contributed by atoms with Crippen LogP contribution >= 0.6 is 11.6 Å². The predicted octanol–water partition coefficient (Wildman–Crippen LogP) is 2.57. The first kappa shape index (κ1) is 17.9. The molecule has 0 bridgehead atoms. The Labute approximate surface area is 132 Å². The molecule has 1 aromatic heterocycles. The van der Waals surface area contributed by atoms with Crippen molar-refractivity contribution in [2.75, 3.05) is 32.7 Å². The summed E-state index contributed by atoms with van der Waals surface area (Å²) < 4.78 is 0. The van der Waals surface area contributed by atoms with Crippen LogP contribution in [0.25, 0.3) is 0 Å². The summed E-state index contributed by atoms with van der Waals surface area (Å²) in [6.07, 6.45) is 2.90. The standard InChI is InChI=1S/C15H25ClN4O/c1-5-19(6-2)7-8-20(11-12(3)4)15(21)13-9-17-10-14(16)18-13/h9-10,12H,5-8,11H2,1-4H3. The number of rotatable bonds is 8. The van der Waals surface area contributed by atoms with Crippen molar-refractivity contribution in [1.82, 2.24) is 19.8 Å². The van der Waals surface area contributed by atoms with Gasteiger partial charge in [-0.3, -0.25) is 9.78 Å². The highest BCUT2D eigenvalue weighted by molar-refractivity contribution is 6.29. The third kappa shape index (κ3) is 5.98. The zero-order valence-corrected chi connectivity index (χ0v) is 14.1. The SMILES string of the molecule is CCN(CC)CCN(CC(C)C)C(=O)c1cncc(Cl)n1. The molecule has 0 atom stereocenters. The number of nitrogens with zero attached hydrogens (tertiary/aromatic N) is 4. The first-order valence-corrected chi connectivity index (χ1v) is 7.84. The quantitative estimate of drug-likeness (QED) is 0.740. The van der Waals surface area contributed by atoms with Crippen LogP contribution in [0.4, 0.5) is 0 Å². The van der Waals surface area contributed by atoms with E-state index in [1.807, 2.05) is 4.90 Å². The van der Waals surface area contributed by atoms with E-state index in [0.29, 0.717) is 24.7 Å². The minimum absolute atomic E-state index is 0.106. The fourth-order valence-corrected chi connectivity index (χ4v) is 2.27. The summed E-state index contributed by atoms with van der Waals surface area (Å²) in [6, 6.07) is 0. The van der Waals surface area contributed by atoms with E-state index in [9.17, 15) is 4.79 Å². The highest BCUT2D eigenvalue weighted by Gasteiger charge is 2.19. The maximum Gasteiger partial charge on any atom is 0.274 e. The molecule has 0 saturated heterocycles. The molecule has 0 fully saturated rings. The average Bonchev–Trinajstić information content (AvgIpc) is 2.46. The van der Waals surface area contributed by atoms with E-state index in [0.717, 1.165) is 19.6 Å². The normalized spacial score (nSPS) is 11.2. The highest BCUT2D eigenvalue weighted by atomic mass is 35.5. The largest absolute Gasteiger partial charge is 0.336 e. The molecule has 1 rings (SSSR count). The molecule has 6 heteroatoms. The summed E-state index contributed by atoms with van der Waals surface area (Å²) in [7, 11) is 0. The van der Waals surface area contributed by atoms with Crippen LogP contribution in [-0.2, 0) is 0 Å². The number of carbonyl (C=O) groups is 1. The van der Waals surface area contributed by atoms with Gasteiger partial charge in [0.15, 0.2) is 0 Å². The molecule has 0 N–H and O–H groups in total. The lowest BCUT2D eigenvalue weighted by atomic mass is 10.2. The summed E-state index contributed by atoms with van der Waals surface area (Å²) in [5, 5.41) is 0.245. The number of hydrogen-bond donors (Lipinski definition) is 0. The molecular weight excluding hydrogens is 288 g/mol. The van der Waals surface area contributed by atoms with Gasteiger partial charge in [0, 0.05) is 19.6 Å². The molecule has 0 aliphatic rings. The summed E-state index contributed by atoms with van der Waals surface area (Å²) in [5.41, 5.74) is 0.308. The summed E-state index contributed by atoms with van der Waals surface area (Å²) in [5.74, 6) is 0.295. The second-order valence-corrected chi connectivity index (χ2v) is 5.79. The van der Waals surface area contributed by atoms with Crippen LogP contribution in [0.2, 0.25) is 5.15 Å². The maximum atomic E-state index is 12.6. The van der Waals surface area contributed by atoms with Crippen molar-refractivity contribution in [3.05, 3.63) is 23.2 Å². The van der Waals surface area contributed by atoms with Gasteiger partial charge in [-0.1, -0.05) is 39.3 Å². The molecule has 1 amide bonds. The Balaban J connectivity index is 2.78. The van der Waals surface area contributed by atoms with Gasteiger partial charge in [-0.25, -0.2) is 4.98 Å². The molecule has 118 valence electrons. The Bertz CT molecular complexity index is 449. The average molecular weight is 313 g/mol. The second-order valence-electron chi connectivity index (χ2n) is 5.40. The monoisotopic (exact) mass is 312 g/mol. The van der Waals surface area contributed by atoms with E-state index < -0.39 is 0 Å². The second kappa shape index (κ2) is 8.95. The van der Waals surface area contributed by atoms with Crippen molar-refractivity contribution in [2.24, 2.45) is 5.92 Å². The van der Waals surface area contributed by atoms with Gasteiger partial charge in [-0.15, -0.1) is 0 Å². The van der Waals surface area contributed by atoms with E-state index in [1.165, 1.54) is 12.4 Å². The summed E-state index contributed by atoms with van der Waals surface area (Å²) >= 11 is 5.82. The van der Waals surface area contributed by atoms with Crippen molar-refractivity contribution < 1.29 is 4.79 Å². The Morgan fingerprint density at radius 2 is 1.90 bits per heavy atom. The van der Waals surface area contributed by atoms with Crippen LogP contribution in [0, 0.1) is 5.92 Å². The Hall–Kier alpha value is -1.20. The minimum Gasteiger partial charge on any atom is -0.336 e. The molecule has 0 aliphatic heterocycles. The molecule has 0 spiro atoms. The van der Waals surface area contributed by atoms with Crippen LogP contribution < -0.4 is 0 Å². The lowest BCUT2D eigenvalue weighted by Crippen LogP contribution is -2.40. The summed E-state index contributed by atoms with van der Waals surface area (Å²) in [6.45, 7) is 12.7. The number of amides is 1. The van der Waals surface area contributed by atoms with E-state index in [-0.39, 0.29) is 11.1 Å². The molecule has 21 heavy (non-hydrogen) atoms. The van der Waals surface area contributed by atoms with Gasteiger partial charge in [0.1, 0.15) is 10.8 Å². The molecule has 0 saturated carbocycles. The van der Waals surface area contributed by atoms with Crippen LogP contribution in [-0.4, -0.2) is 58.4 Å². The third-order valence-electron chi connectivity index (χ3n) is 3.28. The molecule has 0 aromatic carbocycles. The molecular formula is C15H25ClN4O. The minimum atomic E-state index is -0.106. The Kier molecular flexibility index (Phi) is 7.61. The number of carbonyl (C=O) groups excluding carboxylic acids is 1. The van der Waals surface area contributed by atoms with Crippen LogP contribution in [0.5, 0.6) is 0 Å². The van der Waals surface area contributed by atoms with Gasteiger partial charge in [0.25, 0.3) is 5.91 Å². The van der Waals surface area contributed by atoms with Gasteiger partial charge < -0.3 is 9.80 Å². The van der Waals surface area contributed by atoms with E-state index in [1.54, 1.807) is 0 Å². The van der Waals surface area contributed by atoms with Crippen molar-refractivity contribution in [3.63, 3.8) is 0 Å². The maximum absolute atomic E-state index is 12.6. The van der Waals surface area contributed by atoms with Gasteiger partial charge in [-0.05, 0) is 19.0 Å². The Morgan fingerprint density at radius 1 is 1.24 bits per heavy atom. The number of likely N-dealkylation sites (N-methyl/N-ethyl adjacent to an activating group) is 1. The van der Waals surface area contributed by atoms with E-state index in [2.05, 4.69) is 42.6 Å². The fourth-order valence-electron chi connectivity index (χ4n) is 2.13. The third-order valence-corrected chi connectivity index (χ3v) is 3.46. The lowest BCUT2D eigenvalue weighted by molar-refractivity contribution is 0.0710. The number of hydrogen-bond acceptors (Lipinski definition) is 4. The zero-order chi connectivity index (χ0) is 15.8. The summed E-state index contributed by atoms with van der Waals surface area (Å²) in [4.78, 5) is 24.7.